The van der Waals surface area contributed by atoms with E-state index in [-0.39, 0.29) is 24.3 Å². The van der Waals surface area contributed by atoms with Crippen molar-refractivity contribution >= 4 is 28.7 Å². The van der Waals surface area contributed by atoms with Crippen LogP contribution < -0.4 is 21.3 Å². The van der Waals surface area contributed by atoms with Crippen molar-refractivity contribution < 1.29 is 14.3 Å². The van der Waals surface area contributed by atoms with Gasteiger partial charge in [-0.05, 0) is 36.4 Å². The van der Waals surface area contributed by atoms with Gasteiger partial charge >= 0.3 is 5.69 Å². The van der Waals surface area contributed by atoms with E-state index in [0.717, 1.165) is 0 Å². The Morgan fingerprint density at radius 1 is 1.29 bits per heavy atom. The van der Waals surface area contributed by atoms with E-state index in [4.69, 9.17) is 20.8 Å². The molecule has 0 spiro atoms. The van der Waals surface area contributed by atoms with Gasteiger partial charge < -0.3 is 24.1 Å². The molecule has 3 heterocycles. The number of hydrogen-bond acceptors (Lipinski definition) is 7. The Morgan fingerprint density at radius 2 is 2.06 bits per heavy atom. The second-order valence-corrected chi connectivity index (χ2v) is 7.32. The molecule has 0 amide bonds. The summed E-state index contributed by atoms with van der Waals surface area (Å²) in [5.41, 5.74) is -0.815. The maximum Gasteiger partial charge on any atom is 0.329 e. The molecule has 10 nitrogen and oxygen atoms in total. The van der Waals surface area contributed by atoms with Crippen molar-refractivity contribution in [2.24, 2.45) is 7.05 Å². The highest BCUT2D eigenvalue weighted by Crippen LogP contribution is 2.19. The molecule has 0 saturated heterocycles. The Kier molecular flexibility index (Phi) is 5.83. The van der Waals surface area contributed by atoms with Gasteiger partial charge in [-0.1, -0.05) is 11.6 Å². The minimum Gasteiger partial charge on any atom is -0.491 e. The molecular weight excluding hydrogens is 426 g/mol. The SMILES string of the molecule is Cn1c(=O)[nH]c(=O)c2c1nc(NCc1ccco1)n2C[C@@H](O)COc1ccc(Cl)cc1. The molecule has 0 aliphatic carbocycles. The molecule has 31 heavy (non-hydrogen) atoms. The number of H-pyrrole nitrogens is 1. The predicted octanol–water partition coefficient (Wildman–Crippen LogP) is 1.72. The lowest BCUT2D eigenvalue weighted by atomic mass is 10.3. The predicted molar refractivity (Wildman–Crippen MR) is 115 cm³/mol. The zero-order valence-corrected chi connectivity index (χ0v) is 17.3. The highest BCUT2D eigenvalue weighted by molar-refractivity contribution is 6.30. The molecule has 0 unspecified atom stereocenters. The zero-order chi connectivity index (χ0) is 22.0. The van der Waals surface area contributed by atoms with Crippen LogP contribution in [0.4, 0.5) is 5.95 Å². The first-order chi connectivity index (χ1) is 14.9. The normalized spacial score (nSPS) is 12.2. The van der Waals surface area contributed by atoms with Gasteiger partial charge in [0.15, 0.2) is 11.2 Å². The number of benzene rings is 1. The zero-order valence-electron chi connectivity index (χ0n) is 16.5. The number of fused-ring (bicyclic) bond motifs is 1. The average molecular weight is 446 g/mol. The molecule has 11 heteroatoms. The first kappa shape index (κ1) is 20.8. The van der Waals surface area contributed by atoms with Crippen LogP contribution in [0.3, 0.4) is 0 Å². The summed E-state index contributed by atoms with van der Waals surface area (Å²) in [6.07, 6.45) is 0.584. The number of hydrogen-bond donors (Lipinski definition) is 3. The average Bonchev–Trinajstić information content (AvgIpc) is 3.38. The monoisotopic (exact) mass is 445 g/mol. The van der Waals surface area contributed by atoms with Gasteiger partial charge in [0.05, 0.1) is 19.4 Å². The van der Waals surface area contributed by atoms with E-state index in [0.29, 0.717) is 29.0 Å². The summed E-state index contributed by atoms with van der Waals surface area (Å²) in [7, 11) is 1.51. The smallest absolute Gasteiger partial charge is 0.329 e. The number of aliphatic hydroxyl groups excluding tert-OH is 1. The summed E-state index contributed by atoms with van der Waals surface area (Å²) < 4.78 is 13.7. The number of furan rings is 1. The van der Waals surface area contributed by atoms with Crippen molar-refractivity contribution in [3.63, 3.8) is 0 Å². The van der Waals surface area contributed by atoms with Gasteiger partial charge in [0, 0.05) is 12.1 Å². The number of aliphatic hydroxyl groups is 1. The summed E-state index contributed by atoms with van der Waals surface area (Å²) in [6, 6.07) is 10.3. The van der Waals surface area contributed by atoms with Gasteiger partial charge in [-0.15, -0.1) is 0 Å². The molecule has 0 bridgehead atoms. The summed E-state index contributed by atoms with van der Waals surface area (Å²) in [5, 5.41) is 14.2. The molecular formula is C20H20ClN5O5. The number of nitrogens with zero attached hydrogens (tertiary/aromatic N) is 3. The molecule has 0 radical (unpaired) electrons. The Bertz CT molecular complexity index is 1290. The Morgan fingerprint density at radius 3 is 2.77 bits per heavy atom. The van der Waals surface area contributed by atoms with Crippen molar-refractivity contribution in [1.29, 1.82) is 0 Å². The fourth-order valence-corrected chi connectivity index (χ4v) is 3.24. The number of nitrogens with one attached hydrogen (secondary N) is 2. The van der Waals surface area contributed by atoms with E-state index in [2.05, 4.69) is 15.3 Å². The maximum absolute atomic E-state index is 12.5. The third-order valence-corrected chi connectivity index (χ3v) is 4.91. The molecule has 0 saturated carbocycles. The van der Waals surface area contributed by atoms with Crippen molar-refractivity contribution in [1.82, 2.24) is 19.1 Å². The van der Waals surface area contributed by atoms with Gasteiger partial charge in [-0.25, -0.2) is 4.79 Å². The van der Waals surface area contributed by atoms with Crippen LogP contribution in [0.2, 0.25) is 5.02 Å². The van der Waals surface area contributed by atoms with Crippen LogP contribution in [-0.2, 0) is 20.1 Å². The van der Waals surface area contributed by atoms with Crippen molar-refractivity contribution in [3.05, 3.63) is 74.3 Å². The molecule has 0 aliphatic rings. The second kappa shape index (κ2) is 8.70. The lowest BCUT2D eigenvalue weighted by molar-refractivity contribution is 0.0938. The minimum absolute atomic E-state index is 0.00582. The second-order valence-electron chi connectivity index (χ2n) is 6.89. The molecule has 0 aliphatic heterocycles. The fourth-order valence-electron chi connectivity index (χ4n) is 3.11. The lowest BCUT2D eigenvalue weighted by Crippen LogP contribution is -2.30. The molecule has 4 rings (SSSR count). The summed E-state index contributed by atoms with van der Waals surface area (Å²) in [5.74, 6) is 1.52. The van der Waals surface area contributed by atoms with E-state index in [1.54, 1.807) is 42.7 Å². The molecule has 1 atom stereocenters. The van der Waals surface area contributed by atoms with Crippen molar-refractivity contribution in [2.75, 3.05) is 11.9 Å². The van der Waals surface area contributed by atoms with E-state index in [9.17, 15) is 14.7 Å². The summed E-state index contributed by atoms with van der Waals surface area (Å²) in [4.78, 5) is 31.1. The number of halogens is 1. The summed E-state index contributed by atoms with van der Waals surface area (Å²) >= 11 is 5.86. The standard InChI is InChI=1S/C20H20ClN5O5/c1-25-17-16(18(28)24-20(25)29)26(19(23-17)22-9-15-3-2-8-30-15)10-13(27)11-31-14-6-4-12(21)5-7-14/h2-8,13,27H,9-11H2,1H3,(H,22,23)(H,24,28,29)/t13-/m1/s1. The van der Waals surface area contributed by atoms with E-state index in [1.807, 2.05) is 0 Å². The van der Waals surface area contributed by atoms with Gasteiger partial charge in [-0.2, -0.15) is 4.98 Å². The number of imidazole rings is 1. The van der Waals surface area contributed by atoms with E-state index < -0.39 is 17.4 Å². The van der Waals surface area contributed by atoms with E-state index in [1.165, 1.54) is 16.2 Å². The molecule has 162 valence electrons. The van der Waals surface area contributed by atoms with Crippen LogP contribution in [-0.4, -0.2) is 36.9 Å². The first-order valence-corrected chi connectivity index (χ1v) is 9.82. The highest BCUT2D eigenvalue weighted by atomic mass is 35.5. The largest absolute Gasteiger partial charge is 0.491 e. The quantitative estimate of drug-likeness (QED) is 0.377. The Balaban J connectivity index is 1.61. The number of aromatic nitrogens is 4. The van der Waals surface area contributed by atoms with Crippen LogP contribution in [0.15, 0.2) is 56.7 Å². The van der Waals surface area contributed by atoms with Gasteiger partial charge in [0.1, 0.15) is 24.2 Å². The highest BCUT2D eigenvalue weighted by Gasteiger charge is 2.20. The van der Waals surface area contributed by atoms with Crippen LogP contribution in [0, 0.1) is 0 Å². The number of anilines is 1. The molecule has 4 aromatic rings. The van der Waals surface area contributed by atoms with Gasteiger partial charge in [-0.3, -0.25) is 14.3 Å². The third kappa shape index (κ3) is 4.49. The number of aromatic amines is 1. The van der Waals surface area contributed by atoms with Gasteiger partial charge in [0.2, 0.25) is 5.95 Å². The van der Waals surface area contributed by atoms with Gasteiger partial charge in [0.25, 0.3) is 5.56 Å². The number of ether oxygens (including phenoxy) is 1. The Hall–Kier alpha value is -3.50. The topological polar surface area (TPSA) is 127 Å². The molecule has 3 aromatic heterocycles. The Labute approximate surface area is 180 Å². The molecule has 3 N–H and O–H groups in total. The fraction of sp³-hybridized carbons (Fsp3) is 0.250. The van der Waals surface area contributed by atoms with Crippen molar-refractivity contribution in [3.8, 4) is 5.75 Å². The van der Waals surface area contributed by atoms with Crippen molar-refractivity contribution in [2.45, 2.75) is 19.2 Å². The van der Waals surface area contributed by atoms with Crippen LogP contribution in [0.25, 0.3) is 11.2 Å². The molecule has 0 fully saturated rings. The van der Waals surface area contributed by atoms with Crippen LogP contribution in [0.1, 0.15) is 5.76 Å². The van der Waals surface area contributed by atoms with E-state index >= 15 is 0 Å². The van der Waals surface area contributed by atoms with Crippen LogP contribution in [0.5, 0.6) is 5.75 Å². The molecule has 1 aromatic carbocycles. The maximum atomic E-state index is 12.5. The number of aryl methyl sites for hydroxylation is 1. The number of rotatable bonds is 8. The first-order valence-electron chi connectivity index (χ1n) is 9.44. The lowest BCUT2D eigenvalue weighted by Gasteiger charge is -2.15. The van der Waals surface area contributed by atoms with Crippen LogP contribution >= 0.6 is 11.6 Å². The minimum atomic E-state index is -0.964. The summed E-state index contributed by atoms with van der Waals surface area (Å²) in [6.45, 7) is 0.286. The third-order valence-electron chi connectivity index (χ3n) is 4.66.